The highest BCUT2D eigenvalue weighted by atomic mass is 32.1. The second-order valence-electron chi connectivity index (χ2n) is 5.02. The Balaban J connectivity index is 1.79. The Morgan fingerprint density at radius 2 is 2.00 bits per heavy atom. The molecule has 0 aliphatic heterocycles. The van der Waals surface area contributed by atoms with E-state index in [0.29, 0.717) is 6.04 Å². The predicted octanol–water partition coefficient (Wildman–Crippen LogP) is 3.43. The SMILES string of the molecule is NC(c1cc2c(s1)CCC2)C1CCCC1. The molecule has 2 aliphatic carbocycles. The van der Waals surface area contributed by atoms with E-state index in [4.69, 9.17) is 5.73 Å². The fraction of sp³-hybridized carbons (Fsp3) is 0.692. The Bertz CT molecular complexity index is 328. The summed E-state index contributed by atoms with van der Waals surface area (Å²) in [6, 6.07) is 2.74. The Morgan fingerprint density at radius 3 is 2.73 bits per heavy atom. The summed E-state index contributed by atoms with van der Waals surface area (Å²) in [7, 11) is 0. The minimum absolute atomic E-state index is 0.336. The monoisotopic (exact) mass is 221 g/mol. The van der Waals surface area contributed by atoms with Crippen molar-refractivity contribution in [2.75, 3.05) is 0 Å². The van der Waals surface area contributed by atoms with Crippen LogP contribution in [0.15, 0.2) is 6.07 Å². The van der Waals surface area contributed by atoms with Gasteiger partial charge in [-0.3, -0.25) is 0 Å². The maximum Gasteiger partial charge on any atom is 0.0418 e. The van der Waals surface area contributed by atoms with Crippen LogP contribution in [0.25, 0.3) is 0 Å². The Morgan fingerprint density at radius 1 is 1.20 bits per heavy atom. The molecule has 2 aliphatic rings. The Hall–Kier alpha value is -0.340. The third-order valence-corrected chi connectivity index (χ3v) is 5.34. The highest BCUT2D eigenvalue weighted by Gasteiger charge is 2.26. The van der Waals surface area contributed by atoms with Gasteiger partial charge in [0.15, 0.2) is 0 Å². The Labute approximate surface area is 95.7 Å². The first-order chi connectivity index (χ1) is 7.34. The number of thiophene rings is 1. The molecule has 1 saturated carbocycles. The van der Waals surface area contributed by atoms with Gasteiger partial charge < -0.3 is 5.73 Å². The lowest BCUT2D eigenvalue weighted by Crippen LogP contribution is -2.17. The van der Waals surface area contributed by atoms with Crippen LogP contribution in [-0.4, -0.2) is 0 Å². The van der Waals surface area contributed by atoms with Crippen molar-refractivity contribution >= 4 is 11.3 Å². The van der Waals surface area contributed by atoms with Crippen molar-refractivity contribution in [2.45, 2.75) is 51.0 Å². The average molecular weight is 221 g/mol. The van der Waals surface area contributed by atoms with Gasteiger partial charge in [-0.25, -0.2) is 0 Å². The zero-order valence-corrected chi connectivity index (χ0v) is 9.98. The van der Waals surface area contributed by atoms with E-state index in [0.717, 1.165) is 5.92 Å². The van der Waals surface area contributed by atoms with Crippen molar-refractivity contribution in [1.29, 1.82) is 0 Å². The summed E-state index contributed by atoms with van der Waals surface area (Å²) in [5.74, 6) is 0.767. The average Bonchev–Trinajstić information content (AvgIpc) is 2.92. The molecule has 0 spiro atoms. The number of fused-ring (bicyclic) bond motifs is 1. The zero-order valence-electron chi connectivity index (χ0n) is 9.17. The number of aryl methyl sites for hydroxylation is 2. The van der Waals surface area contributed by atoms with Gasteiger partial charge in [0.1, 0.15) is 0 Å². The van der Waals surface area contributed by atoms with Gasteiger partial charge in [-0.1, -0.05) is 12.8 Å². The number of nitrogens with two attached hydrogens (primary N) is 1. The van der Waals surface area contributed by atoms with Crippen LogP contribution in [0.5, 0.6) is 0 Å². The van der Waals surface area contributed by atoms with Crippen LogP contribution in [0.1, 0.15) is 53.5 Å². The van der Waals surface area contributed by atoms with Crippen molar-refractivity contribution in [3.05, 3.63) is 21.4 Å². The summed E-state index contributed by atoms with van der Waals surface area (Å²) >= 11 is 1.99. The third kappa shape index (κ3) is 1.74. The topological polar surface area (TPSA) is 26.0 Å². The largest absolute Gasteiger partial charge is 0.323 e. The van der Waals surface area contributed by atoms with Crippen molar-refractivity contribution in [2.24, 2.45) is 11.7 Å². The molecule has 1 aromatic rings. The summed E-state index contributed by atoms with van der Waals surface area (Å²) < 4.78 is 0. The number of rotatable bonds is 2. The maximum absolute atomic E-state index is 6.37. The first-order valence-corrected chi connectivity index (χ1v) is 7.03. The standard InChI is InChI=1S/C13H19NS/c14-13(9-4-1-2-5-9)12-8-10-6-3-7-11(10)15-12/h8-9,13H,1-7,14H2. The van der Waals surface area contributed by atoms with Gasteiger partial charge in [-0.05, 0) is 49.7 Å². The predicted molar refractivity (Wildman–Crippen MR) is 65.2 cm³/mol. The van der Waals surface area contributed by atoms with Crippen molar-refractivity contribution in [1.82, 2.24) is 0 Å². The quantitative estimate of drug-likeness (QED) is 0.813. The van der Waals surface area contributed by atoms with Crippen LogP contribution in [0, 0.1) is 5.92 Å². The molecular weight excluding hydrogens is 202 g/mol. The molecule has 0 amide bonds. The summed E-state index contributed by atoms with van der Waals surface area (Å²) in [4.78, 5) is 3.09. The highest BCUT2D eigenvalue weighted by Crippen LogP contribution is 2.39. The molecule has 1 unspecified atom stereocenters. The number of hydrogen-bond donors (Lipinski definition) is 1. The first-order valence-electron chi connectivity index (χ1n) is 6.21. The second kappa shape index (κ2) is 3.91. The molecule has 0 radical (unpaired) electrons. The van der Waals surface area contributed by atoms with Crippen molar-refractivity contribution < 1.29 is 0 Å². The van der Waals surface area contributed by atoms with Gasteiger partial charge in [-0.2, -0.15) is 0 Å². The summed E-state index contributed by atoms with van der Waals surface area (Å²) in [5, 5.41) is 0. The molecule has 1 fully saturated rings. The normalized spacial score (nSPS) is 23.3. The fourth-order valence-electron chi connectivity index (χ4n) is 3.07. The molecule has 1 aromatic heterocycles. The molecule has 0 aromatic carbocycles. The molecule has 0 saturated heterocycles. The van der Waals surface area contributed by atoms with Gasteiger partial charge in [-0.15, -0.1) is 11.3 Å². The molecular formula is C13H19NS. The van der Waals surface area contributed by atoms with Gasteiger partial charge in [0, 0.05) is 15.8 Å². The first kappa shape index (κ1) is 9.86. The smallest absolute Gasteiger partial charge is 0.0418 e. The zero-order chi connectivity index (χ0) is 10.3. The molecule has 82 valence electrons. The molecule has 15 heavy (non-hydrogen) atoms. The van der Waals surface area contributed by atoms with E-state index in [1.165, 1.54) is 49.8 Å². The van der Waals surface area contributed by atoms with E-state index in [2.05, 4.69) is 6.07 Å². The molecule has 0 bridgehead atoms. The molecule has 2 N–H and O–H groups in total. The van der Waals surface area contributed by atoms with Crippen LogP contribution >= 0.6 is 11.3 Å². The van der Waals surface area contributed by atoms with E-state index < -0.39 is 0 Å². The fourth-order valence-corrected chi connectivity index (χ4v) is 4.42. The summed E-state index contributed by atoms with van der Waals surface area (Å²) in [5.41, 5.74) is 7.97. The minimum Gasteiger partial charge on any atom is -0.323 e. The van der Waals surface area contributed by atoms with Crippen molar-refractivity contribution in [3.8, 4) is 0 Å². The maximum atomic E-state index is 6.37. The Kier molecular flexibility index (Phi) is 2.57. The van der Waals surface area contributed by atoms with Crippen LogP contribution in [0.3, 0.4) is 0 Å². The molecule has 3 rings (SSSR count). The van der Waals surface area contributed by atoms with E-state index >= 15 is 0 Å². The van der Waals surface area contributed by atoms with Crippen LogP contribution in [0.2, 0.25) is 0 Å². The van der Waals surface area contributed by atoms with E-state index in [9.17, 15) is 0 Å². The van der Waals surface area contributed by atoms with Crippen molar-refractivity contribution in [3.63, 3.8) is 0 Å². The number of hydrogen-bond acceptors (Lipinski definition) is 2. The van der Waals surface area contributed by atoms with Gasteiger partial charge in [0.25, 0.3) is 0 Å². The summed E-state index contributed by atoms with van der Waals surface area (Å²) in [6.45, 7) is 0. The lowest BCUT2D eigenvalue weighted by atomic mass is 9.97. The molecule has 2 heteroatoms. The summed E-state index contributed by atoms with van der Waals surface area (Å²) in [6.07, 6.45) is 9.45. The van der Waals surface area contributed by atoms with E-state index in [1.54, 1.807) is 10.4 Å². The van der Waals surface area contributed by atoms with Gasteiger partial charge in [0.05, 0.1) is 0 Å². The van der Waals surface area contributed by atoms with Gasteiger partial charge in [0.2, 0.25) is 0 Å². The van der Waals surface area contributed by atoms with Crippen LogP contribution < -0.4 is 5.73 Å². The highest BCUT2D eigenvalue weighted by molar-refractivity contribution is 7.12. The lowest BCUT2D eigenvalue weighted by molar-refractivity contribution is 0.450. The van der Waals surface area contributed by atoms with Crippen LogP contribution in [-0.2, 0) is 12.8 Å². The molecule has 1 nitrogen and oxygen atoms in total. The lowest BCUT2D eigenvalue weighted by Gasteiger charge is -2.17. The third-order valence-electron chi connectivity index (χ3n) is 4.00. The molecule has 1 heterocycles. The molecule has 1 atom stereocenters. The minimum atomic E-state index is 0.336. The van der Waals surface area contributed by atoms with E-state index in [-0.39, 0.29) is 0 Å². The van der Waals surface area contributed by atoms with Gasteiger partial charge >= 0.3 is 0 Å². The van der Waals surface area contributed by atoms with E-state index in [1.807, 2.05) is 11.3 Å². The second-order valence-corrected chi connectivity index (χ2v) is 6.19. The van der Waals surface area contributed by atoms with Crippen LogP contribution in [0.4, 0.5) is 0 Å².